The number of hydrogen-bond acceptors (Lipinski definition) is 6. The summed E-state index contributed by atoms with van der Waals surface area (Å²) in [5, 5.41) is 6.91. The number of carbonyl (C=O) groups is 2. The van der Waals surface area contributed by atoms with Crippen molar-refractivity contribution in [3.05, 3.63) is 41.7 Å². The Kier molecular flexibility index (Phi) is 5.33. The average molecular weight is 450 g/mol. The lowest BCUT2D eigenvalue weighted by Gasteiger charge is -2.31. The number of halogens is 3. The maximum absolute atomic E-state index is 13.8. The Morgan fingerprint density at radius 2 is 2.00 bits per heavy atom. The fraction of sp³-hybridized carbons (Fsp3) is 0.316. The van der Waals surface area contributed by atoms with Gasteiger partial charge in [0.2, 0.25) is 17.0 Å². The lowest BCUT2D eigenvalue weighted by Crippen LogP contribution is -2.50. The topological polar surface area (TPSA) is 92.5 Å². The van der Waals surface area contributed by atoms with Gasteiger partial charge in [-0.15, -0.1) is 5.10 Å². The van der Waals surface area contributed by atoms with Gasteiger partial charge in [-0.2, -0.15) is 18.2 Å². The van der Waals surface area contributed by atoms with Gasteiger partial charge in [-0.25, -0.2) is 9.50 Å². The molecule has 1 atom stereocenters. The molecule has 0 radical (unpaired) electrons. The Hall–Kier alpha value is -3.15. The number of aromatic nitrogens is 4. The van der Waals surface area contributed by atoms with Crippen molar-refractivity contribution >= 4 is 40.7 Å². The maximum atomic E-state index is 13.8. The normalized spacial score (nSPS) is 16.7. The van der Waals surface area contributed by atoms with Crippen LogP contribution in [0.3, 0.4) is 0 Å². The monoisotopic (exact) mass is 450 g/mol. The van der Waals surface area contributed by atoms with E-state index in [-0.39, 0.29) is 22.3 Å². The van der Waals surface area contributed by atoms with E-state index in [2.05, 4.69) is 20.4 Å². The fourth-order valence-electron chi connectivity index (χ4n) is 3.40. The molecular formula is C19H17F3N6O2S. The number of aryl methyl sites for hydroxylation is 2. The molecular weight excluding hydrogens is 433 g/mol. The summed E-state index contributed by atoms with van der Waals surface area (Å²) in [6, 6.07) is 5.46. The van der Waals surface area contributed by atoms with Crippen LogP contribution in [0.25, 0.3) is 5.78 Å². The number of para-hydroxylation sites is 2. The smallest absolute Gasteiger partial charge is 0.324 e. The summed E-state index contributed by atoms with van der Waals surface area (Å²) in [6.07, 6.45) is -5.67. The number of thioether (sulfide) groups is 1. The number of nitrogens with zero attached hydrogens (tertiary/aromatic N) is 5. The van der Waals surface area contributed by atoms with Crippen LogP contribution in [-0.4, -0.2) is 49.4 Å². The molecule has 0 spiro atoms. The van der Waals surface area contributed by atoms with Crippen LogP contribution in [0.5, 0.6) is 0 Å². The third kappa shape index (κ3) is 4.20. The summed E-state index contributed by atoms with van der Waals surface area (Å²) in [4.78, 5) is 34.1. The molecule has 1 aromatic carbocycles. The summed E-state index contributed by atoms with van der Waals surface area (Å²) in [5.41, 5.74) is 1.68. The highest BCUT2D eigenvalue weighted by Crippen LogP contribution is 2.38. The van der Waals surface area contributed by atoms with E-state index in [1.165, 1.54) is 22.7 Å². The Bertz CT molecular complexity index is 1180. The van der Waals surface area contributed by atoms with Crippen molar-refractivity contribution in [1.29, 1.82) is 0 Å². The molecule has 3 aromatic rings. The molecule has 0 bridgehead atoms. The zero-order chi connectivity index (χ0) is 22.3. The zero-order valence-corrected chi connectivity index (χ0v) is 17.3. The number of alkyl halides is 3. The van der Waals surface area contributed by atoms with Crippen LogP contribution in [-0.2, 0) is 9.59 Å². The van der Waals surface area contributed by atoms with E-state index in [4.69, 9.17) is 0 Å². The number of hydrogen-bond donors (Lipinski definition) is 1. The largest absolute Gasteiger partial charge is 0.409 e. The van der Waals surface area contributed by atoms with Crippen LogP contribution in [0.2, 0.25) is 0 Å². The van der Waals surface area contributed by atoms with Crippen LogP contribution in [0.4, 0.5) is 24.5 Å². The molecule has 2 amide bonds. The van der Waals surface area contributed by atoms with E-state index in [0.29, 0.717) is 10.7 Å². The molecule has 12 heteroatoms. The molecule has 0 unspecified atom stereocenters. The molecule has 1 aliphatic rings. The summed E-state index contributed by atoms with van der Waals surface area (Å²) < 4.78 is 42.8. The van der Waals surface area contributed by atoms with Crippen molar-refractivity contribution in [1.82, 2.24) is 19.6 Å². The quantitative estimate of drug-likeness (QED) is 0.617. The molecule has 3 heterocycles. The highest BCUT2D eigenvalue weighted by Gasteiger charge is 2.48. The van der Waals surface area contributed by atoms with Crippen molar-refractivity contribution in [2.24, 2.45) is 0 Å². The zero-order valence-electron chi connectivity index (χ0n) is 16.5. The second kappa shape index (κ2) is 7.84. The first kappa shape index (κ1) is 21.1. The predicted octanol–water partition coefficient (Wildman–Crippen LogP) is 3.14. The summed E-state index contributed by atoms with van der Waals surface area (Å²) in [5.74, 6) is -1.62. The lowest BCUT2D eigenvalue weighted by molar-refractivity contribution is -0.157. The highest BCUT2D eigenvalue weighted by atomic mass is 32.2. The van der Waals surface area contributed by atoms with Gasteiger partial charge in [-0.1, -0.05) is 23.9 Å². The number of fused-ring (bicyclic) bond motifs is 2. The van der Waals surface area contributed by atoms with Gasteiger partial charge in [0.25, 0.3) is 5.78 Å². The number of carbonyl (C=O) groups excluding carboxylic acids is 2. The lowest BCUT2D eigenvalue weighted by atomic mass is 10.1. The van der Waals surface area contributed by atoms with E-state index in [0.717, 1.165) is 23.1 Å². The van der Waals surface area contributed by atoms with Gasteiger partial charge < -0.3 is 5.32 Å². The number of anilines is 2. The van der Waals surface area contributed by atoms with Crippen LogP contribution in [0.1, 0.15) is 17.8 Å². The first-order chi connectivity index (χ1) is 14.6. The summed E-state index contributed by atoms with van der Waals surface area (Å²) in [6.45, 7) is 3.63. The molecule has 8 nitrogen and oxygen atoms in total. The van der Waals surface area contributed by atoms with Gasteiger partial charge in [0.1, 0.15) is 6.04 Å². The van der Waals surface area contributed by atoms with Crippen molar-refractivity contribution in [2.45, 2.75) is 37.6 Å². The Balaban J connectivity index is 1.63. The van der Waals surface area contributed by atoms with Crippen LogP contribution >= 0.6 is 11.8 Å². The summed E-state index contributed by atoms with van der Waals surface area (Å²) in [7, 11) is 0. The molecule has 1 N–H and O–H groups in total. The molecule has 1 aliphatic heterocycles. The molecule has 31 heavy (non-hydrogen) atoms. The van der Waals surface area contributed by atoms with Gasteiger partial charge >= 0.3 is 6.18 Å². The number of amides is 2. The molecule has 162 valence electrons. The molecule has 0 saturated carbocycles. The number of rotatable bonds is 3. The minimum Gasteiger partial charge on any atom is -0.324 e. The summed E-state index contributed by atoms with van der Waals surface area (Å²) >= 11 is 0.910. The highest BCUT2D eigenvalue weighted by molar-refractivity contribution is 7.99. The Morgan fingerprint density at radius 3 is 2.74 bits per heavy atom. The first-order valence-electron chi connectivity index (χ1n) is 9.25. The van der Waals surface area contributed by atoms with Crippen molar-refractivity contribution in [3.63, 3.8) is 0 Å². The second-order valence-electron chi connectivity index (χ2n) is 7.02. The van der Waals surface area contributed by atoms with Crippen LogP contribution in [0, 0.1) is 13.8 Å². The van der Waals surface area contributed by atoms with Crippen LogP contribution < -0.4 is 10.2 Å². The second-order valence-corrected chi connectivity index (χ2v) is 7.97. The third-order valence-corrected chi connectivity index (χ3v) is 5.52. The fourth-order valence-corrected chi connectivity index (χ4v) is 4.08. The standard InChI is InChI=1S/C19H17F3N6O2S/c1-10-7-11(2)28-17(23-10)25-18(26-28)31-9-16(30)27-13-6-4-3-5-12(13)24-15(29)8-14(27)19(20,21)22/h3-7,14H,8-9H2,1-2H3,(H,24,29)/t14-/m1/s1. The molecule has 4 rings (SSSR count). The van der Waals surface area contributed by atoms with Gasteiger partial charge in [-0.05, 0) is 32.0 Å². The Labute approximate surface area is 178 Å². The minimum atomic E-state index is -4.78. The van der Waals surface area contributed by atoms with E-state index in [1.54, 1.807) is 13.0 Å². The number of nitrogens with one attached hydrogen (secondary N) is 1. The van der Waals surface area contributed by atoms with E-state index in [9.17, 15) is 22.8 Å². The van der Waals surface area contributed by atoms with Gasteiger partial charge in [-0.3, -0.25) is 14.5 Å². The van der Waals surface area contributed by atoms with Crippen molar-refractivity contribution < 1.29 is 22.8 Å². The SMILES string of the molecule is Cc1cc(C)n2nc(SCC(=O)N3c4ccccc4NC(=O)C[C@@H]3C(F)(F)F)nc2n1. The van der Waals surface area contributed by atoms with Gasteiger partial charge in [0.05, 0.1) is 23.5 Å². The number of benzene rings is 1. The van der Waals surface area contributed by atoms with E-state index in [1.807, 2.05) is 13.0 Å². The van der Waals surface area contributed by atoms with Crippen LogP contribution in [0.15, 0.2) is 35.5 Å². The predicted molar refractivity (Wildman–Crippen MR) is 108 cm³/mol. The van der Waals surface area contributed by atoms with Gasteiger partial charge in [0.15, 0.2) is 0 Å². The third-order valence-electron chi connectivity index (χ3n) is 4.70. The van der Waals surface area contributed by atoms with Crippen molar-refractivity contribution in [3.8, 4) is 0 Å². The maximum Gasteiger partial charge on any atom is 0.409 e. The molecule has 2 aromatic heterocycles. The first-order valence-corrected chi connectivity index (χ1v) is 10.2. The average Bonchev–Trinajstić information content (AvgIpc) is 3.02. The molecule has 0 aliphatic carbocycles. The van der Waals surface area contributed by atoms with E-state index < -0.39 is 30.5 Å². The molecule has 0 fully saturated rings. The minimum absolute atomic E-state index is 0.00243. The van der Waals surface area contributed by atoms with E-state index >= 15 is 0 Å². The molecule has 0 saturated heterocycles. The Morgan fingerprint density at radius 1 is 1.26 bits per heavy atom. The van der Waals surface area contributed by atoms with Crippen molar-refractivity contribution in [2.75, 3.05) is 16.0 Å². The van der Waals surface area contributed by atoms with Gasteiger partial charge in [0, 0.05) is 11.4 Å².